The zero-order valence-corrected chi connectivity index (χ0v) is 14.6. The van der Waals surface area contributed by atoms with E-state index in [1.165, 1.54) is 14.0 Å². The Morgan fingerprint density at radius 1 is 1.16 bits per heavy atom. The second kappa shape index (κ2) is 7.47. The summed E-state index contributed by atoms with van der Waals surface area (Å²) >= 11 is 0. The first-order valence-electron chi connectivity index (χ1n) is 7.43. The van der Waals surface area contributed by atoms with Gasteiger partial charge in [0.05, 0.1) is 12.7 Å². The normalized spacial score (nSPS) is 14.1. The fourth-order valence-corrected chi connectivity index (χ4v) is 3.49. The third kappa shape index (κ3) is 5.22. The molecule has 0 aliphatic carbocycles. The summed E-state index contributed by atoms with van der Waals surface area (Å²) in [6, 6.07) is 9.14. The maximum atomic E-state index is 13.7. The monoisotopic (exact) mass is 371 g/mol. The number of halogens is 2. The lowest BCUT2D eigenvalue weighted by molar-refractivity contribution is 0.0656. The van der Waals surface area contributed by atoms with Crippen molar-refractivity contribution in [2.75, 3.05) is 13.7 Å². The van der Waals surface area contributed by atoms with Gasteiger partial charge in [0.15, 0.2) is 0 Å². The molecule has 0 heterocycles. The molecule has 0 aliphatic rings. The summed E-state index contributed by atoms with van der Waals surface area (Å²) in [6.45, 7) is 1.12. The van der Waals surface area contributed by atoms with Crippen molar-refractivity contribution in [3.05, 3.63) is 59.7 Å². The lowest BCUT2D eigenvalue weighted by Gasteiger charge is -2.24. The molecule has 1 unspecified atom stereocenters. The Morgan fingerprint density at radius 2 is 1.80 bits per heavy atom. The number of nitrogens with one attached hydrogen (secondary N) is 1. The van der Waals surface area contributed by atoms with Crippen LogP contribution in [-0.2, 0) is 16.4 Å². The Hall–Kier alpha value is -2.03. The first kappa shape index (κ1) is 19.3. The van der Waals surface area contributed by atoms with Crippen molar-refractivity contribution in [2.24, 2.45) is 0 Å². The molecule has 2 rings (SSSR count). The number of hydrogen-bond acceptors (Lipinski definition) is 4. The maximum absolute atomic E-state index is 13.7. The molecule has 25 heavy (non-hydrogen) atoms. The molecule has 1 atom stereocenters. The van der Waals surface area contributed by atoms with E-state index >= 15 is 0 Å². The van der Waals surface area contributed by atoms with Gasteiger partial charge in [-0.25, -0.2) is 21.9 Å². The number of rotatable bonds is 7. The van der Waals surface area contributed by atoms with Crippen LogP contribution in [0.4, 0.5) is 8.78 Å². The Bertz CT molecular complexity index is 836. The second-order valence-electron chi connectivity index (χ2n) is 5.92. The lowest BCUT2D eigenvalue weighted by atomic mass is 9.97. The predicted molar refractivity (Wildman–Crippen MR) is 88.9 cm³/mol. The van der Waals surface area contributed by atoms with Gasteiger partial charge in [0.1, 0.15) is 22.3 Å². The van der Waals surface area contributed by atoms with E-state index in [1.807, 2.05) is 0 Å². The van der Waals surface area contributed by atoms with Gasteiger partial charge in [-0.1, -0.05) is 12.1 Å². The van der Waals surface area contributed by atoms with Crippen LogP contribution in [-0.4, -0.2) is 32.8 Å². The van der Waals surface area contributed by atoms with E-state index in [-0.39, 0.29) is 13.0 Å². The van der Waals surface area contributed by atoms with E-state index in [1.54, 1.807) is 24.3 Å². The molecule has 136 valence electrons. The number of hydrogen-bond donors (Lipinski definition) is 2. The van der Waals surface area contributed by atoms with E-state index in [9.17, 15) is 22.3 Å². The van der Waals surface area contributed by atoms with E-state index in [2.05, 4.69) is 4.72 Å². The topological polar surface area (TPSA) is 75.6 Å². The summed E-state index contributed by atoms with van der Waals surface area (Å²) in [7, 11) is -2.68. The molecule has 2 N–H and O–H groups in total. The van der Waals surface area contributed by atoms with E-state index in [4.69, 9.17) is 4.74 Å². The molecule has 0 aliphatic heterocycles. The number of methoxy groups -OCH3 is 1. The molecular weight excluding hydrogens is 352 g/mol. The minimum absolute atomic E-state index is 0.172. The van der Waals surface area contributed by atoms with E-state index in [0.717, 1.165) is 17.7 Å². The molecule has 8 heteroatoms. The van der Waals surface area contributed by atoms with Gasteiger partial charge >= 0.3 is 0 Å². The van der Waals surface area contributed by atoms with Crippen molar-refractivity contribution in [1.82, 2.24) is 4.72 Å². The van der Waals surface area contributed by atoms with E-state index < -0.39 is 32.2 Å². The van der Waals surface area contributed by atoms with Crippen molar-refractivity contribution >= 4 is 10.0 Å². The first-order valence-corrected chi connectivity index (χ1v) is 8.91. The third-order valence-electron chi connectivity index (χ3n) is 3.57. The largest absolute Gasteiger partial charge is 0.497 e. The van der Waals surface area contributed by atoms with Gasteiger partial charge in [0, 0.05) is 19.0 Å². The summed E-state index contributed by atoms with van der Waals surface area (Å²) in [4.78, 5) is -0.672. The van der Waals surface area contributed by atoms with Crippen LogP contribution in [0.5, 0.6) is 5.75 Å². The van der Waals surface area contributed by atoms with Crippen molar-refractivity contribution in [3.8, 4) is 5.75 Å². The smallest absolute Gasteiger partial charge is 0.243 e. The summed E-state index contributed by atoms with van der Waals surface area (Å²) in [5, 5.41) is 10.4. The van der Waals surface area contributed by atoms with Crippen LogP contribution in [0.3, 0.4) is 0 Å². The van der Waals surface area contributed by atoms with Gasteiger partial charge in [-0.2, -0.15) is 0 Å². The molecule has 0 aromatic heterocycles. The van der Waals surface area contributed by atoms with Gasteiger partial charge in [-0.05, 0) is 36.8 Å². The van der Waals surface area contributed by atoms with Crippen molar-refractivity contribution < 1.29 is 27.0 Å². The minimum Gasteiger partial charge on any atom is -0.497 e. The maximum Gasteiger partial charge on any atom is 0.243 e. The highest BCUT2D eigenvalue weighted by Crippen LogP contribution is 2.19. The van der Waals surface area contributed by atoms with Gasteiger partial charge in [0.25, 0.3) is 0 Å². The number of benzene rings is 2. The van der Waals surface area contributed by atoms with Crippen LogP contribution in [0.1, 0.15) is 12.5 Å². The molecular formula is C17H19F2NO4S. The first-order chi connectivity index (χ1) is 11.6. The SMILES string of the molecule is COc1ccc(CC(C)(O)CNS(=O)(=O)c2ccc(F)cc2F)cc1. The molecule has 0 saturated carbocycles. The predicted octanol–water partition coefficient (Wildman–Crippen LogP) is 2.25. The van der Waals surface area contributed by atoms with Gasteiger partial charge in [0.2, 0.25) is 10.0 Å². The Labute approximate surface area is 145 Å². The van der Waals surface area contributed by atoms with Crippen molar-refractivity contribution in [3.63, 3.8) is 0 Å². The van der Waals surface area contributed by atoms with Crippen LogP contribution in [0.2, 0.25) is 0 Å². The summed E-state index contributed by atoms with van der Waals surface area (Å²) in [6.07, 6.45) is 0.172. The number of sulfonamides is 1. The van der Waals surface area contributed by atoms with Crippen LogP contribution in [0.25, 0.3) is 0 Å². The number of ether oxygens (including phenoxy) is 1. The zero-order chi connectivity index (χ0) is 18.7. The highest BCUT2D eigenvalue weighted by Gasteiger charge is 2.26. The molecule has 5 nitrogen and oxygen atoms in total. The van der Waals surface area contributed by atoms with Gasteiger partial charge in [-0.15, -0.1) is 0 Å². The van der Waals surface area contributed by atoms with Crippen LogP contribution in [0.15, 0.2) is 47.4 Å². The second-order valence-corrected chi connectivity index (χ2v) is 7.66. The summed E-state index contributed by atoms with van der Waals surface area (Å²) in [5.74, 6) is -1.40. The van der Waals surface area contributed by atoms with E-state index in [0.29, 0.717) is 11.8 Å². The lowest BCUT2D eigenvalue weighted by Crippen LogP contribution is -2.42. The molecule has 0 fully saturated rings. The van der Waals surface area contributed by atoms with Gasteiger partial charge < -0.3 is 9.84 Å². The molecule has 0 radical (unpaired) electrons. The van der Waals surface area contributed by atoms with Crippen LogP contribution < -0.4 is 9.46 Å². The molecule has 0 saturated heterocycles. The zero-order valence-electron chi connectivity index (χ0n) is 13.8. The average Bonchev–Trinajstić information content (AvgIpc) is 2.53. The quantitative estimate of drug-likeness (QED) is 0.783. The van der Waals surface area contributed by atoms with Crippen LogP contribution in [0, 0.1) is 11.6 Å². The molecule has 2 aromatic carbocycles. The van der Waals surface area contributed by atoms with Crippen LogP contribution >= 0.6 is 0 Å². The Kier molecular flexibility index (Phi) is 5.76. The molecule has 0 amide bonds. The fraction of sp³-hybridized carbons (Fsp3) is 0.294. The van der Waals surface area contributed by atoms with Crippen molar-refractivity contribution in [2.45, 2.75) is 23.8 Å². The highest BCUT2D eigenvalue weighted by atomic mass is 32.2. The highest BCUT2D eigenvalue weighted by molar-refractivity contribution is 7.89. The number of aliphatic hydroxyl groups is 1. The molecule has 0 bridgehead atoms. The fourth-order valence-electron chi connectivity index (χ4n) is 2.27. The molecule has 0 spiro atoms. The average molecular weight is 371 g/mol. The standard InChI is InChI=1S/C17H19F2NO4S/c1-17(21,10-12-3-6-14(24-2)7-4-12)11-20-25(22,23)16-8-5-13(18)9-15(16)19/h3-9,20-21H,10-11H2,1-2H3. The summed E-state index contributed by atoms with van der Waals surface area (Å²) < 4.78 is 58.0. The summed E-state index contributed by atoms with van der Waals surface area (Å²) in [5.41, 5.74) is -0.629. The third-order valence-corrected chi connectivity index (χ3v) is 5.00. The van der Waals surface area contributed by atoms with Crippen molar-refractivity contribution in [1.29, 1.82) is 0 Å². The molecule has 2 aromatic rings. The Balaban J connectivity index is 2.06. The Morgan fingerprint density at radius 3 is 2.36 bits per heavy atom. The van der Waals surface area contributed by atoms with Gasteiger partial charge in [-0.3, -0.25) is 0 Å². The minimum atomic E-state index is -4.22.